The van der Waals surface area contributed by atoms with Crippen molar-refractivity contribution in [3.05, 3.63) is 45.8 Å². The lowest BCUT2D eigenvalue weighted by Gasteiger charge is -1.99. The van der Waals surface area contributed by atoms with Gasteiger partial charge in [0, 0.05) is 17.0 Å². The van der Waals surface area contributed by atoms with E-state index in [2.05, 4.69) is 10.0 Å². The Kier molecular flexibility index (Phi) is 3.70. The zero-order valence-corrected chi connectivity index (χ0v) is 7.97. The molecule has 1 aromatic carbocycles. The number of carbonyl (C=O) groups excluding carboxylic acids is 1. The number of hydrogen-bond donors (Lipinski definition) is 0. The fraction of sp³-hybridized carbons (Fsp3) is 0.300. The zero-order chi connectivity index (χ0) is 10.4. The van der Waals surface area contributed by atoms with Gasteiger partial charge in [-0.3, -0.25) is 4.79 Å². The first-order valence-electron chi connectivity index (χ1n) is 4.35. The summed E-state index contributed by atoms with van der Waals surface area (Å²) in [5, 5.41) is 3.44. The van der Waals surface area contributed by atoms with Gasteiger partial charge in [-0.25, -0.2) is 0 Å². The van der Waals surface area contributed by atoms with Crippen LogP contribution < -0.4 is 0 Å². The third-order valence-corrected chi connectivity index (χ3v) is 1.92. The zero-order valence-electron chi connectivity index (χ0n) is 7.97. The molecule has 4 heteroatoms. The van der Waals surface area contributed by atoms with Crippen LogP contribution in [0.3, 0.4) is 0 Å². The number of Topliss-reactive ketones (excluding diaryl/α,β-unsaturated/α-hetero) is 1. The van der Waals surface area contributed by atoms with E-state index < -0.39 is 0 Å². The first-order chi connectivity index (χ1) is 6.74. The van der Waals surface area contributed by atoms with Crippen molar-refractivity contribution in [1.29, 1.82) is 0 Å². The molecule has 0 saturated heterocycles. The Morgan fingerprint density at radius 1 is 1.43 bits per heavy atom. The molecular weight excluding hydrogens is 178 g/mol. The second kappa shape index (κ2) is 5.04. The number of carbonyl (C=O) groups is 1. The highest BCUT2D eigenvalue weighted by Crippen LogP contribution is 2.05. The van der Waals surface area contributed by atoms with Crippen molar-refractivity contribution < 1.29 is 4.79 Å². The molecule has 0 radical (unpaired) electrons. The van der Waals surface area contributed by atoms with E-state index in [-0.39, 0.29) is 5.78 Å². The van der Waals surface area contributed by atoms with Crippen LogP contribution in [0.1, 0.15) is 22.8 Å². The third-order valence-electron chi connectivity index (χ3n) is 1.92. The van der Waals surface area contributed by atoms with Crippen molar-refractivity contribution in [3.8, 4) is 0 Å². The van der Waals surface area contributed by atoms with Crippen molar-refractivity contribution >= 4 is 5.78 Å². The topological polar surface area (TPSA) is 65.8 Å². The van der Waals surface area contributed by atoms with Gasteiger partial charge < -0.3 is 0 Å². The van der Waals surface area contributed by atoms with Gasteiger partial charge in [-0.15, -0.1) is 0 Å². The molecule has 0 amide bonds. The first kappa shape index (κ1) is 10.3. The molecule has 0 bridgehead atoms. The highest BCUT2D eigenvalue weighted by Gasteiger charge is 1.97. The third kappa shape index (κ3) is 2.92. The maximum atomic E-state index is 11.0. The van der Waals surface area contributed by atoms with Crippen LogP contribution in [0.15, 0.2) is 29.4 Å². The lowest BCUT2D eigenvalue weighted by Crippen LogP contribution is -1.93. The summed E-state index contributed by atoms with van der Waals surface area (Å²) in [7, 11) is 0. The van der Waals surface area contributed by atoms with Crippen LogP contribution in [0, 0.1) is 0 Å². The molecule has 0 atom stereocenters. The van der Waals surface area contributed by atoms with Gasteiger partial charge in [0.2, 0.25) is 0 Å². The number of azide groups is 1. The number of hydrogen-bond acceptors (Lipinski definition) is 2. The average molecular weight is 189 g/mol. The van der Waals surface area contributed by atoms with E-state index in [0.717, 1.165) is 5.56 Å². The predicted octanol–water partition coefficient (Wildman–Crippen LogP) is 2.74. The summed E-state index contributed by atoms with van der Waals surface area (Å²) in [5.74, 6) is 0.0617. The second-order valence-electron chi connectivity index (χ2n) is 2.96. The minimum atomic E-state index is 0.0617. The summed E-state index contributed by atoms with van der Waals surface area (Å²) in [5.41, 5.74) is 9.85. The Morgan fingerprint density at radius 3 is 2.57 bits per heavy atom. The maximum absolute atomic E-state index is 11.0. The van der Waals surface area contributed by atoms with Gasteiger partial charge in [0.1, 0.15) is 0 Å². The van der Waals surface area contributed by atoms with Gasteiger partial charge in [-0.2, -0.15) is 0 Å². The standard InChI is InChI=1S/C10H11N3O/c1-8(14)10-4-2-9(3-5-10)6-7-12-13-11/h2-5H,6-7H2,1H3. The Labute approximate surface area is 82.2 Å². The summed E-state index contributed by atoms with van der Waals surface area (Å²) < 4.78 is 0. The Balaban J connectivity index is 2.64. The number of benzene rings is 1. The molecule has 0 spiro atoms. The largest absolute Gasteiger partial charge is 0.295 e. The van der Waals surface area contributed by atoms with Crippen LogP contribution in [-0.2, 0) is 6.42 Å². The van der Waals surface area contributed by atoms with Gasteiger partial charge in [0.05, 0.1) is 0 Å². The van der Waals surface area contributed by atoms with E-state index in [4.69, 9.17) is 5.53 Å². The minimum absolute atomic E-state index is 0.0617. The Bertz CT molecular complexity index is 363. The molecule has 14 heavy (non-hydrogen) atoms. The van der Waals surface area contributed by atoms with E-state index in [9.17, 15) is 4.79 Å². The van der Waals surface area contributed by atoms with Crippen molar-refractivity contribution in [1.82, 2.24) is 0 Å². The van der Waals surface area contributed by atoms with Crippen molar-refractivity contribution in [2.75, 3.05) is 6.54 Å². The predicted molar refractivity (Wildman–Crippen MR) is 54.2 cm³/mol. The average Bonchev–Trinajstić information content (AvgIpc) is 2.19. The summed E-state index contributed by atoms with van der Waals surface area (Å²) >= 11 is 0. The van der Waals surface area contributed by atoms with Crippen LogP contribution in [0.25, 0.3) is 10.4 Å². The van der Waals surface area contributed by atoms with E-state index in [0.29, 0.717) is 18.5 Å². The molecule has 0 saturated carbocycles. The second-order valence-corrected chi connectivity index (χ2v) is 2.96. The molecule has 4 nitrogen and oxygen atoms in total. The SMILES string of the molecule is CC(=O)c1ccc(CCN=[N+]=[N-])cc1. The summed E-state index contributed by atoms with van der Waals surface area (Å²) in [6.07, 6.45) is 0.711. The fourth-order valence-corrected chi connectivity index (χ4v) is 1.13. The summed E-state index contributed by atoms with van der Waals surface area (Å²) in [6, 6.07) is 7.33. The molecular formula is C10H11N3O. The summed E-state index contributed by atoms with van der Waals surface area (Å²) in [4.78, 5) is 13.6. The number of rotatable bonds is 4. The molecule has 0 N–H and O–H groups in total. The van der Waals surface area contributed by atoms with Crippen molar-refractivity contribution in [2.24, 2.45) is 5.11 Å². The van der Waals surface area contributed by atoms with E-state index in [1.807, 2.05) is 12.1 Å². The Hall–Kier alpha value is -1.80. The smallest absolute Gasteiger partial charge is 0.159 e. The molecule has 0 heterocycles. The molecule has 0 aromatic heterocycles. The van der Waals surface area contributed by atoms with Gasteiger partial charge in [-0.05, 0) is 24.4 Å². The van der Waals surface area contributed by atoms with E-state index in [1.54, 1.807) is 12.1 Å². The fourth-order valence-electron chi connectivity index (χ4n) is 1.13. The normalized spacial score (nSPS) is 9.21. The molecule has 0 aliphatic heterocycles. The first-order valence-corrected chi connectivity index (χ1v) is 4.35. The van der Waals surface area contributed by atoms with Gasteiger partial charge >= 0.3 is 0 Å². The van der Waals surface area contributed by atoms with Crippen molar-refractivity contribution in [2.45, 2.75) is 13.3 Å². The Morgan fingerprint density at radius 2 is 2.07 bits per heavy atom. The molecule has 0 fully saturated rings. The lowest BCUT2D eigenvalue weighted by atomic mass is 10.1. The minimum Gasteiger partial charge on any atom is -0.295 e. The maximum Gasteiger partial charge on any atom is 0.159 e. The van der Waals surface area contributed by atoms with Crippen LogP contribution >= 0.6 is 0 Å². The van der Waals surface area contributed by atoms with Crippen LogP contribution in [-0.4, -0.2) is 12.3 Å². The molecule has 72 valence electrons. The number of ketones is 1. The molecule has 1 aromatic rings. The molecule has 0 aliphatic carbocycles. The van der Waals surface area contributed by atoms with Crippen LogP contribution in [0.5, 0.6) is 0 Å². The summed E-state index contributed by atoms with van der Waals surface area (Å²) in [6.45, 7) is 1.99. The lowest BCUT2D eigenvalue weighted by molar-refractivity contribution is 0.101. The molecule has 1 rings (SSSR count). The van der Waals surface area contributed by atoms with Crippen LogP contribution in [0.2, 0.25) is 0 Å². The van der Waals surface area contributed by atoms with E-state index in [1.165, 1.54) is 6.92 Å². The highest BCUT2D eigenvalue weighted by molar-refractivity contribution is 5.93. The van der Waals surface area contributed by atoms with Gasteiger partial charge in [-0.1, -0.05) is 29.4 Å². The van der Waals surface area contributed by atoms with Gasteiger partial charge in [0.15, 0.2) is 5.78 Å². The van der Waals surface area contributed by atoms with Crippen LogP contribution in [0.4, 0.5) is 0 Å². The number of nitrogens with zero attached hydrogens (tertiary/aromatic N) is 3. The highest BCUT2D eigenvalue weighted by atomic mass is 16.1. The molecule has 0 unspecified atom stereocenters. The van der Waals surface area contributed by atoms with E-state index >= 15 is 0 Å². The molecule has 0 aliphatic rings. The van der Waals surface area contributed by atoms with Crippen molar-refractivity contribution in [3.63, 3.8) is 0 Å². The van der Waals surface area contributed by atoms with Gasteiger partial charge in [0.25, 0.3) is 0 Å². The quantitative estimate of drug-likeness (QED) is 0.311. The monoisotopic (exact) mass is 189 g/mol.